The van der Waals surface area contributed by atoms with Crippen LogP contribution >= 0.6 is 0 Å². The standard InChI is InChI=1S/C25H29FN4O3S/c1-4-29(5-2)34(32,33)23-15-19(13-14-21(23)26)25(31)28-24-17(3)16-27-30(24)22-12-8-10-18-9-6-7-11-20(18)22/h6-7,9,11,13-16,22H,4-5,8,10,12H2,1-3H3,(H,28,31). The Kier molecular flexibility index (Phi) is 6.86. The summed E-state index contributed by atoms with van der Waals surface area (Å²) in [5.41, 5.74) is 3.30. The lowest BCUT2D eigenvalue weighted by atomic mass is 9.88. The largest absolute Gasteiger partial charge is 0.307 e. The second kappa shape index (κ2) is 9.68. The minimum absolute atomic E-state index is 0.0132. The van der Waals surface area contributed by atoms with Gasteiger partial charge in [0, 0.05) is 24.2 Å². The van der Waals surface area contributed by atoms with Crippen molar-refractivity contribution < 1.29 is 17.6 Å². The van der Waals surface area contributed by atoms with E-state index in [1.807, 2.05) is 23.7 Å². The Morgan fingerprint density at radius 3 is 2.68 bits per heavy atom. The Labute approximate surface area is 199 Å². The molecule has 1 heterocycles. The molecule has 1 aliphatic rings. The van der Waals surface area contributed by atoms with Crippen LogP contribution in [0.5, 0.6) is 0 Å². The first-order chi connectivity index (χ1) is 16.3. The van der Waals surface area contributed by atoms with E-state index in [0.717, 1.165) is 41.3 Å². The van der Waals surface area contributed by atoms with Gasteiger partial charge in [0.2, 0.25) is 10.0 Å². The third-order valence-corrected chi connectivity index (χ3v) is 8.42. The van der Waals surface area contributed by atoms with Crippen LogP contribution in [0.2, 0.25) is 0 Å². The van der Waals surface area contributed by atoms with Gasteiger partial charge in [-0.15, -0.1) is 0 Å². The highest BCUT2D eigenvalue weighted by molar-refractivity contribution is 7.89. The van der Waals surface area contributed by atoms with Gasteiger partial charge in [-0.2, -0.15) is 9.40 Å². The number of benzene rings is 2. The molecule has 1 aliphatic carbocycles. The lowest BCUT2D eigenvalue weighted by Gasteiger charge is -2.27. The van der Waals surface area contributed by atoms with Crippen molar-refractivity contribution in [2.24, 2.45) is 0 Å². The van der Waals surface area contributed by atoms with E-state index in [9.17, 15) is 17.6 Å². The molecule has 180 valence electrons. The van der Waals surface area contributed by atoms with Crippen LogP contribution in [-0.2, 0) is 16.4 Å². The van der Waals surface area contributed by atoms with Crippen molar-refractivity contribution in [1.29, 1.82) is 0 Å². The fourth-order valence-corrected chi connectivity index (χ4v) is 6.10. The minimum atomic E-state index is -4.06. The summed E-state index contributed by atoms with van der Waals surface area (Å²) in [6.45, 7) is 5.63. The smallest absolute Gasteiger partial charge is 0.256 e. The van der Waals surface area contributed by atoms with Gasteiger partial charge in [0.15, 0.2) is 0 Å². The van der Waals surface area contributed by atoms with Crippen molar-refractivity contribution in [1.82, 2.24) is 14.1 Å². The lowest BCUT2D eigenvalue weighted by molar-refractivity contribution is 0.102. The molecule has 0 spiro atoms. The molecule has 2 aromatic carbocycles. The molecule has 1 unspecified atom stereocenters. The number of fused-ring (bicyclic) bond motifs is 1. The summed E-state index contributed by atoms with van der Waals surface area (Å²) < 4.78 is 43.2. The number of nitrogens with zero attached hydrogens (tertiary/aromatic N) is 3. The fraction of sp³-hybridized carbons (Fsp3) is 0.360. The Balaban J connectivity index is 1.67. The number of carbonyl (C=O) groups excluding carboxylic acids is 1. The number of aromatic nitrogens is 2. The molecule has 7 nitrogen and oxygen atoms in total. The van der Waals surface area contributed by atoms with E-state index in [2.05, 4.69) is 22.5 Å². The summed E-state index contributed by atoms with van der Waals surface area (Å²) >= 11 is 0. The van der Waals surface area contributed by atoms with E-state index < -0.39 is 26.6 Å². The first kappa shape index (κ1) is 24.1. The fourth-order valence-electron chi connectivity index (χ4n) is 4.55. The Morgan fingerprint density at radius 2 is 1.94 bits per heavy atom. The van der Waals surface area contributed by atoms with Gasteiger partial charge in [0.1, 0.15) is 16.5 Å². The number of nitrogens with one attached hydrogen (secondary N) is 1. The van der Waals surface area contributed by atoms with Gasteiger partial charge in [0.25, 0.3) is 5.91 Å². The summed E-state index contributed by atoms with van der Waals surface area (Å²) in [6, 6.07) is 11.6. The van der Waals surface area contributed by atoms with Crippen LogP contribution in [0.25, 0.3) is 0 Å². The molecule has 1 amide bonds. The van der Waals surface area contributed by atoms with Gasteiger partial charge in [-0.05, 0) is 55.5 Å². The number of amides is 1. The normalized spacial score (nSPS) is 15.9. The Morgan fingerprint density at radius 1 is 1.21 bits per heavy atom. The number of hydrogen-bond donors (Lipinski definition) is 1. The van der Waals surface area contributed by atoms with Crippen molar-refractivity contribution >= 4 is 21.7 Å². The zero-order valence-electron chi connectivity index (χ0n) is 19.6. The lowest BCUT2D eigenvalue weighted by Crippen LogP contribution is -2.31. The van der Waals surface area contributed by atoms with E-state index in [0.29, 0.717) is 5.82 Å². The van der Waals surface area contributed by atoms with Crippen LogP contribution in [0, 0.1) is 12.7 Å². The molecule has 3 aromatic rings. The molecule has 0 bridgehead atoms. The topological polar surface area (TPSA) is 84.3 Å². The van der Waals surface area contributed by atoms with Crippen molar-refractivity contribution in [3.63, 3.8) is 0 Å². The molecule has 34 heavy (non-hydrogen) atoms. The van der Waals surface area contributed by atoms with Crippen LogP contribution in [0.4, 0.5) is 10.2 Å². The van der Waals surface area contributed by atoms with Crippen LogP contribution in [0.1, 0.15) is 59.8 Å². The molecule has 1 atom stereocenters. The third-order valence-electron chi connectivity index (χ3n) is 6.36. The van der Waals surface area contributed by atoms with E-state index in [4.69, 9.17) is 0 Å². The molecule has 0 aliphatic heterocycles. The van der Waals surface area contributed by atoms with Crippen LogP contribution in [-0.4, -0.2) is 41.5 Å². The second-order valence-corrected chi connectivity index (χ2v) is 10.3. The number of hydrogen-bond acceptors (Lipinski definition) is 4. The molecule has 4 rings (SSSR count). The molecule has 1 N–H and O–H groups in total. The van der Waals surface area contributed by atoms with E-state index in [1.165, 1.54) is 17.2 Å². The molecule has 0 fully saturated rings. The number of carbonyl (C=O) groups is 1. The van der Waals surface area contributed by atoms with Crippen molar-refractivity contribution in [3.8, 4) is 0 Å². The number of sulfonamides is 1. The highest BCUT2D eigenvalue weighted by Gasteiger charge is 2.28. The summed E-state index contributed by atoms with van der Waals surface area (Å²) in [4.78, 5) is 12.7. The highest BCUT2D eigenvalue weighted by Crippen LogP contribution is 2.35. The average molecular weight is 485 g/mol. The van der Waals surface area contributed by atoms with Crippen molar-refractivity contribution in [2.75, 3.05) is 18.4 Å². The molecular weight excluding hydrogens is 455 g/mol. The van der Waals surface area contributed by atoms with E-state index in [1.54, 1.807) is 20.0 Å². The van der Waals surface area contributed by atoms with E-state index in [-0.39, 0.29) is 24.7 Å². The number of halogens is 1. The summed E-state index contributed by atoms with van der Waals surface area (Å²) in [5, 5.41) is 7.43. The molecule has 0 radical (unpaired) electrons. The zero-order valence-corrected chi connectivity index (χ0v) is 20.4. The average Bonchev–Trinajstić information content (AvgIpc) is 3.19. The summed E-state index contributed by atoms with van der Waals surface area (Å²) in [5.74, 6) is -0.863. The predicted octanol–water partition coefficient (Wildman–Crippen LogP) is 4.54. The first-order valence-corrected chi connectivity index (χ1v) is 12.9. The third kappa shape index (κ3) is 4.37. The molecule has 9 heteroatoms. The quantitative estimate of drug-likeness (QED) is 0.534. The van der Waals surface area contributed by atoms with Crippen LogP contribution < -0.4 is 5.32 Å². The SMILES string of the molecule is CCN(CC)S(=O)(=O)c1cc(C(=O)Nc2c(C)cnn2C2CCCc3ccccc32)ccc1F. The van der Waals surface area contributed by atoms with Crippen molar-refractivity contribution in [2.45, 2.75) is 51.0 Å². The van der Waals surface area contributed by atoms with Crippen LogP contribution in [0.15, 0.2) is 53.6 Å². The monoisotopic (exact) mass is 484 g/mol. The molecular formula is C25H29FN4O3S. The molecule has 0 saturated carbocycles. The predicted molar refractivity (Wildman–Crippen MR) is 129 cm³/mol. The Bertz CT molecular complexity index is 1320. The highest BCUT2D eigenvalue weighted by atomic mass is 32.2. The number of aryl methyl sites for hydroxylation is 2. The van der Waals surface area contributed by atoms with Gasteiger partial charge in [0.05, 0.1) is 12.2 Å². The maximum Gasteiger partial charge on any atom is 0.256 e. The van der Waals surface area contributed by atoms with Gasteiger partial charge in [-0.3, -0.25) is 4.79 Å². The van der Waals surface area contributed by atoms with Gasteiger partial charge >= 0.3 is 0 Å². The van der Waals surface area contributed by atoms with Crippen LogP contribution in [0.3, 0.4) is 0 Å². The Hall–Kier alpha value is -3.04. The number of rotatable bonds is 7. The number of anilines is 1. The summed E-state index contributed by atoms with van der Waals surface area (Å²) in [6.07, 6.45) is 4.62. The zero-order chi connectivity index (χ0) is 24.5. The second-order valence-electron chi connectivity index (χ2n) is 8.42. The van der Waals surface area contributed by atoms with Gasteiger partial charge < -0.3 is 5.32 Å². The molecule has 1 aromatic heterocycles. The first-order valence-electron chi connectivity index (χ1n) is 11.5. The summed E-state index contributed by atoms with van der Waals surface area (Å²) in [7, 11) is -4.06. The van der Waals surface area contributed by atoms with Crippen molar-refractivity contribution in [3.05, 3.63) is 76.7 Å². The maximum atomic E-state index is 14.5. The van der Waals surface area contributed by atoms with Gasteiger partial charge in [-0.1, -0.05) is 38.1 Å². The van der Waals surface area contributed by atoms with E-state index >= 15 is 0 Å². The minimum Gasteiger partial charge on any atom is -0.307 e. The van der Waals surface area contributed by atoms with Gasteiger partial charge in [-0.25, -0.2) is 17.5 Å². The maximum absolute atomic E-state index is 14.5. The molecule has 0 saturated heterocycles.